The zero-order chi connectivity index (χ0) is 15.4. The average Bonchev–Trinajstić information content (AvgIpc) is 2.88. The second-order valence-electron chi connectivity index (χ2n) is 5.16. The molecule has 0 spiro atoms. The maximum atomic E-state index is 14.1. The van der Waals surface area contributed by atoms with Crippen molar-refractivity contribution in [3.63, 3.8) is 0 Å². The minimum absolute atomic E-state index is 0.0631. The molecular weight excluding hydrogens is 273 g/mol. The Balaban J connectivity index is 2.40. The fraction of sp³-hybridized carbons (Fsp3) is 0.500. The molecule has 0 radical (unpaired) electrons. The Labute approximate surface area is 123 Å². The summed E-state index contributed by atoms with van der Waals surface area (Å²) in [5.41, 5.74) is 6.27. The number of anilines is 1. The monoisotopic (exact) mass is 293 g/mol. The van der Waals surface area contributed by atoms with Crippen LogP contribution in [0.15, 0.2) is 18.2 Å². The van der Waals surface area contributed by atoms with E-state index in [1.807, 2.05) is 6.92 Å². The number of nitrogens with zero attached hydrogens (tertiary/aromatic N) is 4. The highest BCUT2D eigenvalue weighted by Crippen LogP contribution is 2.26. The quantitative estimate of drug-likeness (QED) is 0.827. The van der Waals surface area contributed by atoms with Gasteiger partial charge in [-0.15, -0.1) is 5.10 Å². The molecule has 0 saturated carbocycles. The molecule has 0 aliphatic heterocycles. The smallest absolute Gasteiger partial charge is 0.185 e. The van der Waals surface area contributed by atoms with E-state index >= 15 is 0 Å². The predicted octanol–water partition coefficient (Wildman–Crippen LogP) is 2.29. The first-order valence-corrected chi connectivity index (χ1v) is 6.95. The molecule has 2 N–H and O–H groups in total. The number of nitrogen functional groups attached to an aromatic ring is 1. The van der Waals surface area contributed by atoms with Crippen LogP contribution in [0.2, 0.25) is 0 Å². The lowest BCUT2D eigenvalue weighted by Crippen LogP contribution is -2.23. The summed E-state index contributed by atoms with van der Waals surface area (Å²) in [7, 11) is 0. The minimum Gasteiger partial charge on any atom is -0.399 e. The van der Waals surface area contributed by atoms with Gasteiger partial charge in [-0.25, -0.2) is 9.07 Å². The van der Waals surface area contributed by atoms with Crippen LogP contribution in [-0.2, 0) is 4.74 Å². The highest BCUT2D eigenvalue weighted by molar-refractivity contribution is 5.59. The third-order valence-electron chi connectivity index (χ3n) is 3.30. The van der Waals surface area contributed by atoms with Crippen LogP contribution in [0.4, 0.5) is 10.1 Å². The van der Waals surface area contributed by atoms with Crippen LogP contribution in [0.25, 0.3) is 11.4 Å². The molecule has 6 nitrogen and oxygen atoms in total. The second-order valence-corrected chi connectivity index (χ2v) is 5.16. The van der Waals surface area contributed by atoms with Gasteiger partial charge in [0.15, 0.2) is 5.82 Å². The SMILES string of the molecule is CCOCC(C(C)C)n1nnnc1-c1ccc(N)cc1F. The highest BCUT2D eigenvalue weighted by atomic mass is 19.1. The molecule has 0 fully saturated rings. The van der Waals surface area contributed by atoms with E-state index in [9.17, 15) is 4.39 Å². The highest BCUT2D eigenvalue weighted by Gasteiger charge is 2.23. The van der Waals surface area contributed by atoms with E-state index in [1.54, 1.807) is 16.8 Å². The van der Waals surface area contributed by atoms with Gasteiger partial charge in [0.05, 0.1) is 18.2 Å². The molecule has 1 unspecified atom stereocenters. The summed E-state index contributed by atoms with van der Waals surface area (Å²) >= 11 is 0. The van der Waals surface area contributed by atoms with Crippen molar-refractivity contribution in [1.29, 1.82) is 0 Å². The number of halogens is 1. The first-order chi connectivity index (χ1) is 10.0. The lowest BCUT2D eigenvalue weighted by Gasteiger charge is -2.21. The van der Waals surface area contributed by atoms with Crippen molar-refractivity contribution in [3.8, 4) is 11.4 Å². The summed E-state index contributed by atoms with van der Waals surface area (Å²) in [4.78, 5) is 0. The van der Waals surface area contributed by atoms with Crippen molar-refractivity contribution in [3.05, 3.63) is 24.0 Å². The van der Waals surface area contributed by atoms with Crippen molar-refractivity contribution < 1.29 is 9.13 Å². The number of rotatable bonds is 6. The zero-order valence-corrected chi connectivity index (χ0v) is 12.5. The summed E-state index contributed by atoms with van der Waals surface area (Å²) in [5, 5.41) is 11.6. The molecular formula is C14H20FN5O. The second kappa shape index (κ2) is 6.62. The van der Waals surface area contributed by atoms with Gasteiger partial charge in [0.2, 0.25) is 0 Å². The minimum atomic E-state index is -0.440. The Bertz CT molecular complexity index is 599. The first-order valence-electron chi connectivity index (χ1n) is 6.95. The number of ether oxygens (including phenoxy) is 1. The molecule has 7 heteroatoms. The van der Waals surface area contributed by atoms with Crippen LogP contribution in [-0.4, -0.2) is 33.4 Å². The molecule has 21 heavy (non-hydrogen) atoms. The van der Waals surface area contributed by atoms with Crippen molar-refractivity contribution >= 4 is 5.69 Å². The molecule has 0 aliphatic rings. The fourth-order valence-corrected chi connectivity index (χ4v) is 2.09. The molecule has 0 aliphatic carbocycles. The molecule has 0 bridgehead atoms. The van der Waals surface area contributed by atoms with E-state index in [2.05, 4.69) is 29.4 Å². The third-order valence-corrected chi connectivity index (χ3v) is 3.30. The van der Waals surface area contributed by atoms with Gasteiger partial charge in [-0.05, 0) is 41.5 Å². The molecule has 114 valence electrons. The Morgan fingerprint density at radius 3 is 2.76 bits per heavy atom. The molecule has 1 atom stereocenters. The van der Waals surface area contributed by atoms with Gasteiger partial charge in [-0.3, -0.25) is 0 Å². The molecule has 1 aromatic carbocycles. The molecule has 1 aromatic heterocycles. The largest absolute Gasteiger partial charge is 0.399 e. The standard InChI is InChI=1S/C14H20FN5O/c1-4-21-8-13(9(2)3)20-14(17-18-19-20)11-6-5-10(16)7-12(11)15/h5-7,9,13H,4,8,16H2,1-3H3. The maximum absolute atomic E-state index is 14.1. The van der Waals surface area contributed by atoms with Gasteiger partial charge in [0.25, 0.3) is 0 Å². The van der Waals surface area contributed by atoms with E-state index in [0.29, 0.717) is 30.3 Å². The number of hydrogen-bond acceptors (Lipinski definition) is 5. The van der Waals surface area contributed by atoms with Gasteiger partial charge < -0.3 is 10.5 Å². The molecule has 0 saturated heterocycles. The molecule has 1 heterocycles. The van der Waals surface area contributed by atoms with Crippen LogP contribution in [0.3, 0.4) is 0 Å². The van der Waals surface area contributed by atoms with E-state index < -0.39 is 5.82 Å². The van der Waals surface area contributed by atoms with Crippen molar-refractivity contribution in [2.45, 2.75) is 26.8 Å². The van der Waals surface area contributed by atoms with Crippen molar-refractivity contribution in [2.75, 3.05) is 18.9 Å². The lowest BCUT2D eigenvalue weighted by atomic mass is 10.0. The Morgan fingerprint density at radius 1 is 1.38 bits per heavy atom. The van der Waals surface area contributed by atoms with E-state index in [4.69, 9.17) is 10.5 Å². The Morgan fingerprint density at radius 2 is 2.14 bits per heavy atom. The third kappa shape index (κ3) is 3.36. The molecule has 2 rings (SSSR count). The normalized spacial score (nSPS) is 12.8. The molecule has 0 amide bonds. The molecule has 2 aromatic rings. The zero-order valence-electron chi connectivity index (χ0n) is 12.5. The van der Waals surface area contributed by atoms with Gasteiger partial charge in [-0.1, -0.05) is 13.8 Å². The summed E-state index contributed by atoms with van der Waals surface area (Å²) in [5.74, 6) is 0.187. The number of nitrogens with two attached hydrogens (primary N) is 1. The van der Waals surface area contributed by atoms with Crippen molar-refractivity contribution in [2.24, 2.45) is 5.92 Å². The van der Waals surface area contributed by atoms with Gasteiger partial charge in [-0.2, -0.15) is 0 Å². The first kappa shape index (κ1) is 15.4. The van der Waals surface area contributed by atoms with Gasteiger partial charge >= 0.3 is 0 Å². The fourth-order valence-electron chi connectivity index (χ4n) is 2.09. The number of tetrazole rings is 1. The van der Waals surface area contributed by atoms with E-state index in [0.717, 1.165) is 0 Å². The average molecular weight is 293 g/mol. The Kier molecular flexibility index (Phi) is 4.85. The maximum Gasteiger partial charge on any atom is 0.185 e. The summed E-state index contributed by atoms with van der Waals surface area (Å²) in [6.07, 6.45) is 0. The van der Waals surface area contributed by atoms with Crippen LogP contribution in [0, 0.1) is 11.7 Å². The van der Waals surface area contributed by atoms with Crippen molar-refractivity contribution in [1.82, 2.24) is 20.2 Å². The lowest BCUT2D eigenvalue weighted by molar-refractivity contribution is 0.0913. The van der Waals surface area contributed by atoms with Crippen LogP contribution >= 0.6 is 0 Å². The van der Waals surface area contributed by atoms with Crippen LogP contribution < -0.4 is 5.73 Å². The number of benzene rings is 1. The van der Waals surface area contributed by atoms with Gasteiger partial charge in [0.1, 0.15) is 5.82 Å². The number of hydrogen-bond donors (Lipinski definition) is 1. The van der Waals surface area contributed by atoms with Gasteiger partial charge in [0, 0.05) is 12.3 Å². The topological polar surface area (TPSA) is 78.8 Å². The summed E-state index contributed by atoms with van der Waals surface area (Å²) in [6, 6.07) is 4.42. The Hall–Kier alpha value is -2.02. The van der Waals surface area contributed by atoms with Crippen LogP contribution in [0.5, 0.6) is 0 Å². The number of aromatic nitrogens is 4. The van der Waals surface area contributed by atoms with E-state index in [-0.39, 0.29) is 12.0 Å². The van der Waals surface area contributed by atoms with Crippen LogP contribution in [0.1, 0.15) is 26.8 Å². The summed E-state index contributed by atoms with van der Waals surface area (Å²) < 4.78 is 21.2. The predicted molar refractivity (Wildman–Crippen MR) is 78.0 cm³/mol. The van der Waals surface area contributed by atoms with E-state index in [1.165, 1.54) is 6.07 Å². The summed E-state index contributed by atoms with van der Waals surface area (Å²) in [6.45, 7) is 7.11.